The van der Waals surface area contributed by atoms with Gasteiger partial charge in [0.1, 0.15) is 11.5 Å². The van der Waals surface area contributed by atoms with Gasteiger partial charge in [0.25, 0.3) is 0 Å². The lowest BCUT2D eigenvalue weighted by atomic mass is 9.77. The van der Waals surface area contributed by atoms with Gasteiger partial charge in [-0.15, -0.1) is 5.10 Å². The fourth-order valence-electron chi connectivity index (χ4n) is 4.63. The van der Waals surface area contributed by atoms with Crippen LogP contribution in [0, 0.1) is 0 Å². The third kappa shape index (κ3) is 2.96. The van der Waals surface area contributed by atoms with Gasteiger partial charge in [0.2, 0.25) is 0 Å². The Morgan fingerprint density at radius 3 is 2.71 bits per heavy atom. The summed E-state index contributed by atoms with van der Waals surface area (Å²) in [4.78, 5) is 13.1. The Labute approximate surface area is 183 Å². The van der Waals surface area contributed by atoms with Crippen LogP contribution in [-0.4, -0.2) is 20.8 Å². The topological polar surface area (TPSA) is 57.0 Å². The first-order chi connectivity index (χ1) is 15.2. The van der Waals surface area contributed by atoms with Crippen molar-refractivity contribution in [1.82, 2.24) is 15.0 Å². The molecule has 0 saturated heterocycles. The molecule has 1 atom stereocenters. The van der Waals surface area contributed by atoms with Crippen LogP contribution in [0.25, 0.3) is 16.5 Å². The van der Waals surface area contributed by atoms with Gasteiger partial charge >= 0.3 is 0 Å². The maximum absolute atomic E-state index is 13.1. The highest BCUT2D eigenvalue weighted by Crippen LogP contribution is 2.48. The van der Waals surface area contributed by atoms with Gasteiger partial charge in [0, 0.05) is 29.0 Å². The van der Waals surface area contributed by atoms with Crippen molar-refractivity contribution in [1.29, 1.82) is 0 Å². The van der Waals surface area contributed by atoms with Crippen LogP contribution in [0.4, 0.5) is 0 Å². The predicted molar refractivity (Wildman–Crippen MR) is 119 cm³/mol. The minimum absolute atomic E-state index is 0.130. The number of allylic oxidation sites excluding steroid dienone is 2. The second kappa shape index (κ2) is 7.06. The summed E-state index contributed by atoms with van der Waals surface area (Å²) in [6.07, 6.45) is 4.00. The van der Waals surface area contributed by atoms with Crippen molar-refractivity contribution in [3.05, 3.63) is 94.5 Å². The van der Waals surface area contributed by atoms with E-state index in [1.54, 1.807) is 4.68 Å². The molecule has 1 aliphatic carbocycles. The van der Waals surface area contributed by atoms with E-state index in [4.69, 9.17) is 16.3 Å². The van der Waals surface area contributed by atoms with Crippen LogP contribution >= 0.6 is 11.6 Å². The Morgan fingerprint density at radius 1 is 1.00 bits per heavy atom. The number of Topliss-reactive ketones (excluding diaryl/α,β-unsaturated/α-hetero) is 1. The molecule has 0 amide bonds. The van der Waals surface area contributed by atoms with Crippen molar-refractivity contribution in [3.8, 4) is 11.4 Å². The number of halogens is 1. The maximum Gasteiger partial charge on any atom is 0.163 e. The number of ether oxygens (including phenoxy) is 1. The number of hydrogen-bond acceptors (Lipinski definition) is 4. The minimum Gasteiger partial charge on any atom is -0.461 e. The van der Waals surface area contributed by atoms with Gasteiger partial charge in [-0.25, -0.2) is 4.68 Å². The van der Waals surface area contributed by atoms with E-state index in [0.717, 1.165) is 57.6 Å². The van der Waals surface area contributed by atoms with Crippen molar-refractivity contribution in [3.63, 3.8) is 0 Å². The fourth-order valence-corrected chi connectivity index (χ4v) is 4.75. The van der Waals surface area contributed by atoms with Crippen molar-refractivity contribution in [2.24, 2.45) is 0 Å². The molecule has 6 rings (SSSR count). The maximum atomic E-state index is 13.1. The number of nitrogens with zero attached hydrogens (tertiary/aromatic N) is 3. The zero-order valence-corrected chi connectivity index (χ0v) is 17.3. The van der Waals surface area contributed by atoms with Gasteiger partial charge in [-0.3, -0.25) is 4.79 Å². The van der Waals surface area contributed by atoms with Gasteiger partial charge in [0.05, 0.1) is 23.5 Å². The highest BCUT2D eigenvalue weighted by molar-refractivity contribution is 6.30. The van der Waals surface area contributed by atoms with Crippen LogP contribution < -0.4 is 4.74 Å². The molecule has 4 aromatic rings. The van der Waals surface area contributed by atoms with E-state index in [2.05, 4.69) is 28.5 Å². The first-order valence-electron chi connectivity index (χ1n) is 10.3. The standard InChI is InChI=1S/C25H18ClN3O2/c26-16-9-11-17(12-10-16)29-14-19(27-28-29)24-23-18-5-2-1-4-15(18)8-13-22(23)31-21-7-3-6-20(30)25(21)24/h1-2,4-5,8-14,24H,3,6-7H2. The molecule has 1 unspecified atom stereocenters. The Balaban J connectivity index is 1.57. The number of carbonyl (C=O) groups excluding carboxylic acids is 1. The first kappa shape index (κ1) is 18.3. The normalized spacial score (nSPS) is 18.0. The number of aromatic nitrogens is 3. The molecule has 2 heterocycles. The summed E-state index contributed by atoms with van der Waals surface area (Å²) in [6.45, 7) is 0. The molecule has 31 heavy (non-hydrogen) atoms. The first-order valence-corrected chi connectivity index (χ1v) is 10.7. The van der Waals surface area contributed by atoms with Gasteiger partial charge in [-0.1, -0.05) is 47.1 Å². The lowest BCUT2D eigenvalue weighted by Crippen LogP contribution is -2.26. The Morgan fingerprint density at radius 2 is 1.84 bits per heavy atom. The summed E-state index contributed by atoms with van der Waals surface area (Å²) in [5, 5.41) is 11.7. The largest absolute Gasteiger partial charge is 0.461 e. The second-order valence-corrected chi connectivity index (χ2v) is 8.35. The van der Waals surface area contributed by atoms with E-state index in [1.165, 1.54) is 0 Å². The summed E-state index contributed by atoms with van der Waals surface area (Å²) < 4.78 is 7.98. The van der Waals surface area contributed by atoms with Crippen molar-refractivity contribution < 1.29 is 9.53 Å². The third-order valence-electron chi connectivity index (χ3n) is 6.05. The molecule has 0 radical (unpaired) electrons. The molecule has 5 nitrogen and oxygen atoms in total. The minimum atomic E-state index is -0.307. The van der Waals surface area contributed by atoms with E-state index < -0.39 is 0 Å². The molecule has 0 spiro atoms. The molecule has 6 heteroatoms. The molecule has 0 bridgehead atoms. The zero-order chi connectivity index (χ0) is 20.9. The van der Waals surface area contributed by atoms with Crippen LogP contribution in [0.2, 0.25) is 5.02 Å². The number of carbonyl (C=O) groups is 1. The quantitative estimate of drug-likeness (QED) is 0.417. The molecule has 3 aromatic carbocycles. The van der Waals surface area contributed by atoms with Gasteiger partial charge in [-0.05, 0) is 47.5 Å². The fraction of sp³-hybridized carbons (Fsp3) is 0.160. The van der Waals surface area contributed by atoms with E-state index in [0.29, 0.717) is 11.4 Å². The van der Waals surface area contributed by atoms with Gasteiger partial charge < -0.3 is 4.74 Å². The van der Waals surface area contributed by atoms with Crippen LogP contribution in [0.3, 0.4) is 0 Å². The van der Waals surface area contributed by atoms with Crippen LogP contribution in [-0.2, 0) is 4.79 Å². The van der Waals surface area contributed by atoms with E-state index in [9.17, 15) is 4.79 Å². The molecule has 2 aliphatic rings. The summed E-state index contributed by atoms with van der Waals surface area (Å²) in [7, 11) is 0. The van der Waals surface area contributed by atoms with Crippen LogP contribution in [0.5, 0.6) is 5.75 Å². The Bertz CT molecular complexity index is 1370. The van der Waals surface area contributed by atoms with Crippen LogP contribution in [0.15, 0.2) is 78.2 Å². The number of fused-ring (bicyclic) bond motifs is 3. The van der Waals surface area contributed by atoms with E-state index in [1.807, 2.05) is 48.7 Å². The average Bonchev–Trinajstić information content (AvgIpc) is 3.28. The number of rotatable bonds is 2. The summed E-state index contributed by atoms with van der Waals surface area (Å²) in [6, 6.07) is 19.7. The molecule has 0 N–H and O–H groups in total. The summed E-state index contributed by atoms with van der Waals surface area (Å²) >= 11 is 6.03. The molecule has 152 valence electrons. The monoisotopic (exact) mass is 427 g/mol. The lowest BCUT2D eigenvalue weighted by Gasteiger charge is -2.32. The Kier molecular flexibility index (Phi) is 4.18. The number of hydrogen-bond donors (Lipinski definition) is 0. The van der Waals surface area contributed by atoms with Crippen LogP contribution in [0.1, 0.15) is 36.4 Å². The second-order valence-electron chi connectivity index (χ2n) is 7.91. The highest BCUT2D eigenvalue weighted by Gasteiger charge is 2.39. The molecule has 1 aliphatic heterocycles. The number of ketones is 1. The van der Waals surface area contributed by atoms with Crippen molar-refractivity contribution in [2.45, 2.75) is 25.2 Å². The zero-order valence-electron chi connectivity index (χ0n) is 16.6. The third-order valence-corrected chi connectivity index (χ3v) is 6.30. The van der Waals surface area contributed by atoms with E-state index in [-0.39, 0.29) is 11.7 Å². The van der Waals surface area contributed by atoms with Gasteiger partial charge in [-0.2, -0.15) is 0 Å². The molecule has 0 saturated carbocycles. The highest BCUT2D eigenvalue weighted by atomic mass is 35.5. The number of benzene rings is 3. The van der Waals surface area contributed by atoms with Crippen molar-refractivity contribution >= 4 is 28.2 Å². The molecule has 1 aromatic heterocycles. The summed E-state index contributed by atoms with van der Waals surface area (Å²) in [5.74, 6) is 1.38. The molecular weight excluding hydrogens is 410 g/mol. The molecular formula is C25H18ClN3O2. The van der Waals surface area contributed by atoms with Crippen molar-refractivity contribution in [2.75, 3.05) is 0 Å². The average molecular weight is 428 g/mol. The van der Waals surface area contributed by atoms with Gasteiger partial charge in [0.15, 0.2) is 5.78 Å². The van der Waals surface area contributed by atoms with E-state index >= 15 is 0 Å². The lowest BCUT2D eigenvalue weighted by molar-refractivity contribution is -0.116. The smallest absolute Gasteiger partial charge is 0.163 e. The molecule has 0 fully saturated rings. The summed E-state index contributed by atoms with van der Waals surface area (Å²) in [5.41, 5.74) is 3.30. The predicted octanol–water partition coefficient (Wildman–Crippen LogP) is 5.61. The SMILES string of the molecule is O=C1CCCC2=C1C(c1cn(-c3ccc(Cl)cc3)nn1)c1c(ccc3ccccc13)O2. The Hall–Kier alpha value is -3.44.